The van der Waals surface area contributed by atoms with E-state index in [0.29, 0.717) is 5.92 Å². The highest BCUT2D eigenvalue weighted by Crippen LogP contribution is 2.42. The second-order valence-electron chi connectivity index (χ2n) is 12.3. The first-order valence-corrected chi connectivity index (χ1v) is 13.3. The minimum atomic E-state index is 0.0291. The topological polar surface area (TPSA) is 92.1 Å². The van der Waals surface area contributed by atoms with Crippen molar-refractivity contribution in [3.63, 3.8) is 0 Å². The third kappa shape index (κ3) is 5.11. The van der Waals surface area contributed by atoms with Crippen LogP contribution in [-0.4, -0.2) is 67.8 Å². The Balaban J connectivity index is 1.40. The highest BCUT2D eigenvalue weighted by molar-refractivity contribution is 5.87. The molecule has 2 saturated heterocycles. The fourth-order valence-electron chi connectivity index (χ4n) is 6.10. The summed E-state index contributed by atoms with van der Waals surface area (Å²) in [6.45, 7) is 17.0. The van der Waals surface area contributed by atoms with E-state index >= 15 is 0 Å². The second-order valence-corrected chi connectivity index (χ2v) is 12.3. The number of anilines is 2. The van der Waals surface area contributed by atoms with Crippen molar-refractivity contribution in [2.24, 2.45) is 16.7 Å². The molecule has 36 heavy (non-hydrogen) atoms. The lowest BCUT2D eigenvalue weighted by Crippen LogP contribution is -2.59. The van der Waals surface area contributed by atoms with Gasteiger partial charge < -0.3 is 15.1 Å². The molecule has 3 aliphatic rings. The second kappa shape index (κ2) is 9.48. The molecule has 2 aromatic rings. The van der Waals surface area contributed by atoms with Gasteiger partial charge in [-0.2, -0.15) is 10.1 Å². The number of carbonyl (C=O) groups excluding carboxylic acids is 1. The Bertz CT molecular complexity index is 1100. The van der Waals surface area contributed by atoms with Gasteiger partial charge in [0.05, 0.1) is 12.2 Å². The Morgan fingerprint density at radius 2 is 2.03 bits per heavy atom. The van der Waals surface area contributed by atoms with Crippen LogP contribution < -0.4 is 10.2 Å². The molecule has 194 valence electrons. The van der Waals surface area contributed by atoms with Gasteiger partial charge in [-0.3, -0.25) is 9.48 Å². The summed E-state index contributed by atoms with van der Waals surface area (Å²) in [4.78, 5) is 30.6. The van der Waals surface area contributed by atoms with E-state index in [-0.39, 0.29) is 22.8 Å². The van der Waals surface area contributed by atoms with Crippen molar-refractivity contribution in [3.05, 3.63) is 36.6 Å². The maximum atomic E-state index is 12.0. The molecule has 1 aliphatic carbocycles. The maximum Gasteiger partial charge on any atom is 0.245 e. The number of aromatic nitrogens is 5. The van der Waals surface area contributed by atoms with Crippen LogP contribution in [0.2, 0.25) is 0 Å². The molecule has 1 atom stereocenters. The zero-order valence-electron chi connectivity index (χ0n) is 22.2. The number of hydrogen-bond donors (Lipinski definition) is 1. The Morgan fingerprint density at radius 3 is 2.72 bits per heavy atom. The van der Waals surface area contributed by atoms with Gasteiger partial charge in [0.2, 0.25) is 11.9 Å². The van der Waals surface area contributed by atoms with E-state index < -0.39 is 0 Å². The molecule has 1 unspecified atom stereocenters. The number of fused-ring (bicyclic) bond motifs is 1. The molecular formula is C27H40N8O. The SMILES string of the molecule is C=CC(=O)N1CC2(CCN(c3nc4c(c(NC(CC(C)C)Cn5cncn5)n3)CCC(C)(C)C4)C2)C1. The van der Waals surface area contributed by atoms with E-state index in [0.717, 1.165) is 76.6 Å². The van der Waals surface area contributed by atoms with E-state index in [1.807, 2.05) is 9.58 Å². The number of nitrogens with zero attached hydrogens (tertiary/aromatic N) is 7. The molecule has 5 rings (SSSR count). The van der Waals surface area contributed by atoms with Crippen molar-refractivity contribution in [2.75, 3.05) is 36.4 Å². The molecule has 0 bridgehead atoms. The summed E-state index contributed by atoms with van der Waals surface area (Å²) in [5.41, 5.74) is 2.84. The number of hydrogen-bond acceptors (Lipinski definition) is 7. The van der Waals surface area contributed by atoms with E-state index in [4.69, 9.17) is 9.97 Å². The molecule has 0 aromatic carbocycles. The van der Waals surface area contributed by atoms with Crippen LogP contribution in [0.4, 0.5) is 11.8 Å². The van der Waals surface area contributed by atoms with Gasteiger partial charge in [-0.15, -0.1) is 0 Å². The summed E-state index contributed by atoms with van der Waals surface area (Å²) < 4.78 is 1.90. The molecule has 2 aliphatic heterocycles. The first kappa shape index (κ1) is 24.7. The average Bonchev–Trinajstić information content (AvgIpc) is 3.46. The van der Waals surface area contributed by atoms with E-state index in [9.17, 15) is 4.79 Å². The lowest BCUT2D eigenvalue weighted by Gasteiger charge is -2.47. The van der Waals surface area contributed by atoms with Crippen LogP contribution in [0.15, 0.2) is 25.3 Å². The average molecular weight is 493 g/mol. The third-order valence-electron chi connectivity index (χ3n) is 8.01. The minimum absolute atomic E-state index is 0.0291. The van der Waals surface area contributed by atoms with Gasteiger partial charge in [-0.1, -0.05) is 34.3 Å². The normalized spacial score (nSPS) is 20.8. The first-order valence-electron chi connectivity index (χ1n) is 13.3. The maximum absolute atomic E-state index is 12.0. The van der Waals surface area contributed by atoms with Crippen LogP contribution >= 0.6 is 0 Å². The minimum Gasteiger partial charge on any atom is -0.365 e. The number of amides is 1. The number of nitrogens with one attached hydrogen (secondary N) is 1. The predicted molar refractivity (Wildman–Crippen MR) is 141 cm³/mol. The fraction of sp³-hybridized carbons (Fsp3) is 0.667. The van der Waals surface area contributed by atoms with E-state index in [1.165, 1.54) is 17.3 Å². The van der Waals surface area contributed by atoms with Crippen LogP contribution in [-0.2, 0) is 24.2 Å². The van der Waals surface area contributed by atoms with Gasteiger partial charge in [-0.25, -0.2) is 9.97 Å². The molecule has 0 saturated carbocycles. The quantitative estimate of drug-likeness (QED) is 0.565. The van der Waals surface area contributed by atoms with Gasteiger partial charge in [0.15, 0.2) is 0 Å². The van der Waals surface area contributed by atoms with Gasteiger partial charge in [0, 0.05) is 43.2 Å². The van der Waals surface area contributed by atoms with Gasteiger partial charge in [0.1, 0.15) is 18.5 Å². The predicted octanol–water partition coefficient (Wildman–Crippen LogP) is 3.33. The summed E-state index contributed by atoms with van der Waals surface area (Å²) in [5, 5.41) is 8.15. The summed E-state index contributed by atoms with van der Waals surface area (Å²) in [7, 11) is 0. The van der Waals surface area contributed by atoms with Crippen molar-refractivity contribution in [2.45, 2.75) is 72.4 Å². The van der Waals surface area contributed by atoms with Crippen molar-refractivity contribution in [3.8, 4) is 0 Å². The van der Waals surface area contributed by atoms with Crippen LogP contribution in [0.1, 0.15) is 58.2 Å². The summed E-state index contributed by atoms with van der Waals surface area (Å²) in [6, 6.07) is 0.198. The molecule has 4 heterocycles. The molecule has 9 heteroatoms. The Kier molecular flexibility index (Phi) is 6.51. The highest BCUT2D eigenvalue weighted by atomic mass is 16.2. The Labute approximate surface area is 214 Å². The molecular weight excluding hydrogens is 452 g/mol. The van der Waals surface area contributed by atoms with Crippen LogP contribution in [0.5, 0.6) is 0 Å². The highest BCUT2D eigenvalue weighted by Gasteiger charge is 2.49. The summed E-state index contributed by atoms with van der Waals surface area (Å²) >= 11 is 0. The Morgan fingerprint density at radius 1 is 1.22 bits per heavy atom. The molecule has 0 radical (unpaired) electrons. The van der Waals surface area contributed by atoms with E-state index in [1.54, 1.807) is 12.7 Å². The molecule has 2 fully saturated rings. The summed E-state index contributed by atoms with van der Waals surface area (Å²) in [6.07, 6.45) is 9.95. The summed E-state index contributed by atoms with van der Waals surface area (Å²) in [5.74, 6) is 2.37. The van der Waals surface area contributed by atoms with Gasteiger partial charge >= 0.3 is 0 Å². The number of likely N-dealkylation sites (tertiary alicyclic amines) is 1. The first-order chi connectivity index (χ1) is 17.2. The largest absolute Gasteiger partial charge is 0.365 e. The van der Waals surface area contributed by atoms with Crippen molar-refractivity contribution in [1.29, 1.82) is 0 Å². The lowest BCUT2D eigenvalue weighted by molar-refractivity contribution is -0.136. The van der Waals surface area contributed by atoms with Crippen molar-refractivity contribution in [1.82, 2.24) is 29.6 Å². The molecule has 1 N–H and O–H groups in total. The lowest BCUT2D eigenvalue weighted by atomic mass is 9.76. The smallest absolute Gasteiger partial charge is 0.245 e. The Hall–Kier alpha value is -2.97. The fourth-order valence-corrected chi connectivity index (χ4v) is 6.10. The van der Waals surface area contributed by atoms with Crippen LogP contribution in [0.3, 0.4) is 0 Å². The molecule has 9 nitrogen and oxygen atoms in total. The number of rotatable bonds is 8. The number of carbonyl (C=O) groups is 1. The monoisotopic (exact) mass is 492 g/mol. The van der Waals surface area contributed by atoms with Crippen molar-refractivity contribution < 1.29 is 4.79 Å². The van der Waals surface area contributed by atoms with Crippen LogP contribution in [0, 0.1) is 16.7 Å². The zero-order valence-corrected chi connectivity index (χ0v) is 22.2. The van der Waals surface area contributed by atoms with Gasteiger partial charge in [0.25, 0.3) is 0 Å². The standard InChI is InChI=1S/C27H40N8O/c1-6-23(36)34-15-27(16-34)9-10-33(14-27)25-31-22-12-26(4,5)8-7-21(22)24(32-25)30-20(11-19(2)3)13-35-18-28-17-29-35/h6,17-20H,1,7-16H2,2-5H3,(H,30,31,32). The molecule has 2 aromatic heterocycles. The van der Waals surface area contributed by atoms with Gasteiger partial charge in [-0.05, 0) is 49.5 Å². The van der Waals surface area contributed by atoms with Crippen LogP contribution in [0.25, 0.3) is 0 Å². The van der Waals surface area contributed by atoms with Crippen molar-refractivity contribution >= 4 is 17.7 Å². The molecule has 1 spiro atoms. The third-order valence-corrected chi connectivity index (χ3v) is 8.01. The molecule has 1 amide bonds. The van der Waals surface area contributed by atoms with E-state index in [2.05, 4.69) is 54.6 Å². The zero-order chi connectivity index (χ0) is 25.5.